The van der Waals surface area contributed by atoms with Crippen LogP contribution in [0.3, 0.4) is 0 Å². The molecule has 0 saturated heterocycles. The van der Waals surface area contributed by atoms with Crippen molar-refractivity contribution in [1.29, 1.82) is 0 Å². The maximum atomic E-state index is 8.89. The molecule has 0 N–H and O–H groups in total. The van der Waals surface area contributed by atoms with Crippen molar-refractivity contribution in [2.24, 2.45) is 0 Å². The van der Waals surface area contributed by atoms with Gasteiger partial charge in [0.25, 0.3) is 0 Å². The molecule has 0 aromatic rings. The maximum Gasteiger partial charge on any atom is 0.0383 e. The molecule has 4 rings (SSSR count). The fraction of sp³-hybridized carbons (Fsp3) is 0.962. The molecule has 31 heavy (non-hydrogen) atoms. The summed E-state index contributed by atoms with van der Waals surface area (Å²) >= 11 is 0. The first-order valence-corrected chi connectivity index (χ1v) is 13.2. The van der Waals surface area contributed by atoms with Gasteiger partial charge in [0.2, 0.25) is 0 Å². The molecule has 0 atom stereocenters. The van der Waals surface area contributed by atoms with Crippen molar-refractivity contribution in [2.75, 3.05) is 0 Å². The Bertz CT molecular complexity index is 355. The molecule has 0 aromatic heterocycles. The molecule has 0 aliphatic heterocycles. The van der Waals surface area contributed by atoms with Crippen molar-refractivity contribution >= 4 is 5.97 Å². The van der Waals surface area contributed by atoms with Crippen molar-refractivity contribution in [1.82, 2.24) is 0 Å². The number of carboxylic acids is 1. The molecule has 0 amide bonds. The maximum absolute atomic E-state index is 8.89. The van der Waals surface area contributed by atoms with E-state index >= 15 is 0 Å². The van der Waals surface area contributed by atoms with Crippen LogP contribution < -0.4 is 5.11 Å². The Hall–Kier alpha value is 0.0523. The summed E-state index contributed by atoms with van der Waals surface area (Å²) in [6.45, 7) is 0.972. The summed E-state index contributed by atoms with van der Waals surface area (Å²) in [5, 5.41) is 18.9. The molecule has 0 radical (unpaired) electrons. The third-order valence-electron chi connectivity index (χ3n) is 7.14. The predicted molar refractivity (Wildman–Crippen MR) is 125 cm³/mol. The largest absolute Gasteiger partial charge is 0.657 e. The molecule has 0 heterocycles. The molecule has 4 aliphatic rings. The second-order valence-corrected chi connectivity index (χ2v) is 9.96. The van der Waals surface area contributed by atoms with E-state index in [-0.39, 0.29) is 20.4 Å². The van der Waals surface area contributed by atoms with Crippen molar-refractivity contribution in [2.45, 2.75) is 160 Å². The molecule has 186 valence electrons. The van der Waals surface area contributed by atoms with Gasteiger partial charge in [-0.15, -0.1) is 24.2 Å². The Morgan fingerprint density at radius 1 is 0.516 bits per heavy atom. The summed E-state index contributed by atoms with van der Waals surface area (Å²) in [5.41, 5.74) is 0. The van der Waals surface area contributed by atoms with Gasteiger partial charge in [-0.1, -0.05) is 128 Å². The van der Waals surface area contributed by atoms with Crippen LogP contribution >= 0.6 is 0 Å². The van der Waals surface area contributed by atoms with Crippen molar-refractivity contribution in [3.8, 4) is 0 Å². The number of nitrogens with zero attached hydrogens (tertiary/aromatic N) is 2. The van der Waals surface area contributed by atoms with Gasteiger partial charge < -0.3 is 20.5 Å². The number of hydrogen-bond acceptors (Lipinski definition) is 2. The first kappa shape index (κ1) is 29.1. The first-order chi connectivity index (χ1) is 14.6. The molecule has 0 aromatic carbocycles. The molecular formula is C26H47N2O2Pd-3. The first-order valence-electron chi connectivity index (χ1n) is 13.2. The van der Waals surface area contributed by atoms with Crippen LogP contribution in [0.4, 0.5) is 0 Å². The summed E-state index contributed by atoms with van der Waals surface area (Å²) in [6.07, 6.45) is 28.4. The molecule has 4 nitrogen and oxygen atoms in total. The van der Waals surface area contributed by atoms with Gasteiger partial charge in [-0.25, -0.2) is 0 Å². The molecule has 4 saturated carbocycles. The quantitative estimate of drug-likeness (QED) is 0.378. The van der Waals surface area contributed by atoms with E-state index in [1.807, 2.05) is 0 Å². The Kier molecular flexibility index (Phi) is 17.3. The van der Waals surface area contributed by atoms with Gasteiger partial charge in [0, 0.05) is 26.4 Å². The van der Waals surface area contributed by atoms with Gasteiger partial charge in [-0.2, -0.15) is 0 Å². The topological polar surface area (TPSA) is 68.3 Å². The molecule has 0 unspecified atom stereocenters. The zero-order valence-electron chi connectivity index (χ0n) is 20.0. The zero-order chi connectivity index (χ0) is 21.4. The number of rotatable bonds is 4. The Balaban J connectivity index is 0.000000258. The summed E-state index contributed by atoms with van der Waals surface area (Å²) in [4.78, 5) is 8.89. The molecule has 5 heteroatoms. The zero-order valence-corrected chi connectivity index (χ0v) is 21.5. The van der Waals surface area contributed by atoms with Crippen LogP contribution in [0.2, 0.25) is 0 Å². The Labute approximate surface area is 206 Å². The average molecular weight is 526 g/mol. The van der Waals surface area contributed by atoms with Gasteiger partial charge in [-0.05, 0) is 6.92 Å². The minimum atomic E-state index is -1.08. The van der Waals surface area contributed by atoms with E-state index in [0.717, 1.165) is 31.1 Å². The monoisotopic (exact) mass is 525 g/mol. The molecule has 4 aliphatic carbocycles. The van der Waals surface area contributed by atoms with Crippen LogP contribution in [-0.4, -0.2) is 30.1 Å². The number of carbonyl (C=O) groups excluding carboxylic acids is 1. The van der Waals surface area contributed by atoms with Crippen LogP contribution in [0.15, 0.2) is 0 Å². The van der Waals surface area contributed by atoms with Gasteiger partial charge in [0.15, 0.2) is 0 Å². The van der Waals surface area contributed by atoms with Crippen LogP contribution in [0.5, 0.6) is 0 Å². The third kappa shape index (κ3) is 14.7. The fourth-order valence-corrected chi connectivity index (χ4v) is 5.52. The van der Waals surface area contributed by atoms with Crippen molar-refractivity contribution in [3.05, 3.63) is 10.6 Å². The standard InChI is InChI=1S/2C12H22N.C2H4O2.Pd/c2*1-3-7-11(8-4-1)13-12-9-5-2-6-10-12;1-2(3)4;/h2*11-12H,1-10H2;1H3,(H,3,4);/q2*-1;;/p-1. The van der Waals surface area contributed by atoms with E-state index in [4.69, 9.17) is 20.5 Å². The van der Waals surface area contributed by atoms with Crippen LogP contribution in [0.1, 0.15) is 135 Å². The molecule has 0 spiro atoms. The fourth-order valence-electron chi connectivity index (χ4n) is 5.52. The molecule has 0 bridgehead atoms. The number of carbonyl (C=O) groups is 1. The van der Waals surface area contributed by atoms with Gasteiger partial charge in [0.05, 0.1) is 0 Å². The van der Waals surface area contributed by atoms with Gasteiger partial charge in [0.1, 0.15) is 0 Å². The molecular weight excluding hydrogens is 479 g/mol. The third-order valence-corrected chi connectivity index (χ3v) is 7.14. The molecule has 4 fully saturated rings. The van der Waals surface area contributed by atoms with Crippen LogP contribution in [0, 0.1) is 0 Å². The number of carboxylic acid groups (broad SMARTS) is 1. The average Bonchev–Trinajstić information content (AvgIpc) is 2.77. The second kappa shape index (κ2) is 18.5. The summed E-state index contributed by atoms with van der Waals surface area (Å²) in [7, 11) is 0. The van der Waals surface area contributed by atoms with Crippen LogP contribution in [-0.2, 0) is 25.2 Å². The van der Waals surface area contributed by atoms with E-state index in [0.29, 0.717) is 0 Å². The van der Waals surface area contributed by atoms with Crippen molar-refractivity contribution in [3.63, 3.8) is 0 Å². The Morgan fingerprint density at radius 3 is 0.839 bits per heavy atom. The van der Waals surface area contributed by atoms with E-state index < -0.39 is 5.97 Å². The van der Waals surface area contributed by atoms with E-state index in [9.17, 15) is 0 Å². The number of hydrogen-bond donors (Lipinski definition) is 0. The normalized spacial score (nSPS) is 24.0. The minimum absolute atomic E-state index is 0. The van der Waals surface area contributed by atoms with E-state index in [1.165, 1.54) is 128 Å². The Morgan fingerprint density at radius 2 is 0.677 bits per heavy atom. The predicted octanol–water partition coefficient (Wildman–Crippen LogP) is 6.80. The van der Waals surface area contributed by atoms with Gasteiger partial charge in [-0.3, -0.25) is 0 Å². The SMILES string of the molecule is C1CCC([N-]C2CCCCC2)CC1.C1CCC([N-]C2CCCCC2)CC1.CC(=O)[O-].[Pd]. The van der Waals surface area contributed by atoms with Crippen molar-refractivity contribution < 1.29 is 30.3 Å². The van der Waals surface area contributed by atoms with E-state index in [1.54, 1.807) is 0 Å². The summed E-state index contributed by atoms with van der Waals surface area (Å²) in [6, 6.07) is 2.99. The summed E-state index contributed by atoms with van der Waals surface area (Å²) in [5.74, 6) is -1.08. The van der Waals surface area contributed by atoms with Gasteiger partial charge >= 0.3 is 0 Å². The summed E-state index contributed by atoms with van der Waals surface area (Å²) < 4.78 is 0. The van der Waals surface area contributed by atoms with Crippen LogP contribution in [0.25, 0.3) is 10.6 Å². The second-order valence-electron chi connectivity index (χ2n) is 9.96. The smallest absolute Gasteiger partial charge is 0.0383 e. The minimum Gasteiger partial charge on any atom is -0.657 e. The number of aliphatic carboxylic acids is 1. The van der Waals surface area contributed by atoms with E-state index in [2.05, 4.69) is 0 Å².